The number of carbonyl (C=O) groups is 1. The summed E-state index contributed by atoms with van der Waals surface area (Å²) in [6.45, 7) is 0. The predicted molar refractivity (Wildman–Crippen MR) is 73.2 cm³/mol. The van der Waals surface area contributed by atoms with Crippen molar-refractivity contribution in [3.8, 4) is 11.3 Å². The highest BCUT2D eigenvalue weighted by molar-refractivity contribution is 7.91. The molecule has 1 aliphatic heterocycles. The number of aromatic nitrogens is 3. The lowest BCUT2D eigenvalue weighted by Gasteiger charge is -2.07. The summed E-state index contributed by atoms with van der Waals surface area (Å²) in [7, 11) is -2.98. The number of hydrogen-bond acceptors (Lipinski definition) is 5. The number of sulfone groups is 1. The monoisotopic (exact) mass is 291 g/mol. The lowest BCUT2D eigenvalue weighted by Crippen LogP contribution is -2.11. The van der Waals surface area contributed by atoms with Gasteiger partial charge >= 0.3 is 0 Å². The van der Waals surface area contributed by atoms with E-state index in [2.05, 4.69) is 10.1 Å². The summed E-state index contributed by atoms with van der Waals surface area (Å²) in [4.78, 5) is 15.2. The zero-order valence-electron chi connectivity index (χ0n) is 10.6. The Bertz CT molecular complexity index is 737. The first kappa shape index (κ1) is 13.0. The fourth-order valence-electron chi connectivity index (χ4n) is 2.39. The van der Waals surface area contributed by atoms with Gasteiger partial charge < -0.3 is 0 Å². The number of aldehydes is 1. The van der Waals surface area contributed by atoms with Gasteiger partial charge in [0.25, 0.3) is 0 Å². The van der Waals surface area contributed by atoms with Gasteiger partial charge in [0.15, 0.2) is 16.1 Å². The van der Waals surface area contributed by atoms with Gasteiger partial charge in [-0.25, -0.2) is 8.42 Å². The number of rotatable bonds is 3. The van der Waals surface area contributed by atoms with E-state index in [4.69, 9.17) is 0 Å². The molecule has 2 aromatic heterocycles. The first-order chi connectivity index (χ1) is 9.59. The van der Waals surface area contributed by atoms with Crippen LogP contribution in [0.25, 0.3) is 11.3 Å². The third kappa shape index (κ3) is 2.36. The maximum atomic E-state index is 11.5. The lowest BCUT2D eigenvalue weighted by molar-refractivity contribution is 0.112. The van der Waals surface area contributed by atoms with Crippen molar-refractivity contribution in [2.24, 2.45) is 0 Å². The van der Waals surface area contributed by atoms with E-state index in [1.165, 1.54) is 0 Å². The fourth-order valence-corrected chi connectivity index (χ4v) is 4.09. The Kier molecular flexibility index (Phi) is 3.13. The highest BCUT2D eigenvalue weighted by atomic mass is 32.2. The third-order valence-electron chi connectivity index (χ3n) is 3.40. The van der Waals surface area contributed by atoms with Crippen LogP contribution in [0, 0.1) is 0 Å². The number of hydrogen-bond donors (Lipinski definition) is 0. The molecule has 2 aromatic rings. The molecule has 104 valence electrons. The Labute approximate surface area is 116 Å². The van der Waals surface area contributed by atoms with Gasteiger partial charge in [0.2, 0.25) is 0 Å². The fraction of sp³-hybridized carbons (Fsp3) is 0.308. The Morgan fingerprint density at radius 3 is 2.85 bits per heavy atom. The zero-order chi connectivity index (χ0) is 14.2. The second-order valence-corrected chi connectivity index (χ2v) is 7.06. The summed E-state index contributed by atoms with van der Waals surface area (Å²) in [5.41, 5.74) is 1.73. The molecule has 1 atom stereocenters. The van der Waals surface area contributed by atoms with Gasteiger partial charge in [0.1, 0.15) is 5.69 Å². The summed E-state index contributed by atoms with van der Waals surface area (Å²) < 4.78 is 24.6. The topological polar surface area (TPSA) is 81.9 Å². The van der Waals surface area contributed by atoms with E-state index in [1.807, 2.05) is 6.07 Å². The second-order valence-electron chi connectivity index (χ2n) is 4.83. The number of pyridine rings is 1. The third-order valence-corrected chi connectivity index (χ3v) is 5.16. The normalized spacial score (nSPS) is 20.9. The molecule has 20 heavy (non-hydrogen) atoms. The predicted octanol–water partition coefficient (Wildman–Crippen LogP) is 1.12. The highest BCUT2D eigenvalue weighted by Crippen LogP contribution is 2.27. The first-order valence-corrected chi connectivity index (χ1v) is 8.06. The number of nitrogens with zero attached hydrogens (tertiary/aromatic N) is 3. The maximum Gasteiger partial charge on any atom is 0.153 e. The summed E-state index contributed by atoms with van der Waals surface area (Å²) in [5, 5.41) is 4.38. The first-order valence-electron chi connectivity index (χ1n) is 6.24. The summed E-state index contributed by atoms with van der Waals surface area (Å²) in [6, 6.07) is 3.39. The highest BCUT2D eigenvalue weighted by Gasteiger charge is 2.30. The Balaban J connectivity index is 2.00. The Hall–Kier alpha value is -2.02. The van der Waals surface area contributed by atoms with Gasteiger partial charge in [-0.2, -0.15) is 5.10 Å². The minimum absolute atomic E-state index is 0.0828. The van der Waals surface area contributed by atoms with Gasteiger partial charge in [-0.15, -0.1) is 0 Å². The largest absolute Gasteiger partial charge is 0.298 e. The van der Waals surface area contributed by atoms with Gasteiger partial charge in [0.05, 0.1) is 23.1 Å². The molecule has 0 spiro atoms. The molecule has 0 radical (unpaired) electrons. The molecule has 1 unspecified atom stereocenters. The van der Waals surface area contributed by atoms with E-state index in [0.29, 0.717) is 17.7 Å². The molecule has 0 aromatic carbocycles. The van der Waals surface area contributed by atoms with Crippen molar-refractivity contribution in [3.63, 3.8) is 0 Å². The molecular formula is C13H13N3O3S. The van der Waals surface area contributed by atoms with Crippen molar-refractivity contribution < 1.29 is 13.2 Å². The van der Waals surface area contributed by atoms with Crippen LogP contribution in [0.3, 0.4) is 0 Å². The molecule has 0 saturated carbocycles. The molecule has 1 saturated heterocycles. The van der Waals surface area contributed by atoms with E-state index in [-0.39, 0.29) is 17.5 Å². The minimum atomic E-state index is -2.98. The summed E-state index contributed by atoms with van der Waals surface area (Å²) in [5.74, 6) is 0.260. The van der Waals surface area contributed by atoms with Crippen LogP contribution in [0.4, 0.5) is 0 Å². The van der Waals surface area contributed by atoms with Crippen molar-refractivity contribution in [3.05, 3.63) is 36.3 Å². The Morgan fingerprint density at radius 2 is 2.25 bits per heavy atom. The van der Waals surface area contributed by atoms with E-state index in [9.17, 15) is 13.2 Å². The van der Waals surface area contributed by atoms with E-state index >= 15 is 0 Å². The van der Waals surface area contributed by atoms with E-state index < -0.39 is 9.84 Å². The molecule has 0 aliphatic carbocycles. The average molecular weight is 291 g/mol. The lowest BCUT2D eigenvalue weighted by atomic mass is 10.1. The smallest absolute Gasteiger partial charge is 0.153 e. The van der Waals surface area contributed by atoms with E-state index in [1.54, 1.807) is 29.3 Å². The molecule has 3 heterocycles. The van der Waals surface area contributed by atoms with Crippen LogP contribution in [-0.2, 0) is 9.84 Å². The second kappa shape index (κ2) is 4.82. The van der Waals surface area contributed by atoms with Crippen molar-refractivity contribution >= 4 is 16.1 Å². The molecule has 1 fully saturated rings. The molecule has 1 aliphatic rings. The van der Waals surface area contributed by atoms with Crippen LogP contribution < -0.4 is 0 Å². The minimum Gasteiger partial charge on any atom is -0.298 e. The van der Waals surface area contributed by atoms with Gasteiger partial charge in [-0.05, 0) is 18.6 Å². The van der Waals surface area contributed by atoms with Gasteiger partial charge in [0, 0.05) is 24.2 Å². The zero-order valence-corrected chi connectivity index (χ0v) is 11.5. The van der Waals surface area contributed by atoms with Crippen molar-refractivity contribution in [2.45, 2.75) is 12.5 Å². The SMILES string of the molecule is O=Cc1cn(C2CCS(=O)(=O)C2)nc1-c1cccnc1. The van der Waals surface area contributed by atoms with Crippen molar-refractivity contribution in [2.75, 3.05) is 11.5 Å². The van der Waals surface area contributed by atoms with Crippen LogP contribution >= 0.6 is 0 Å². The molecule has 7 heteroatoms. The maximum absolute atomic E-state index is 11.5. The molecule has 0 N–H and O–H groups in total. The molecule has 0 bridgehead atoms. The standard InChI is InChI=1S/C13H13N3O3S/c17-8-11-7-16(12-3-5-20(18,19)9-12)15-13(11)10-2-1-4-14-6-10/h1-2,4,6-8,12H,3,5,9H2. The summed E-state index contributed by atoms with van der Waals surface area (Å²) in [6.07, 6.45) is 6.15. The van der Waals surface area contributed by atoms with Gasteiger partial charge in [-0.3, -0.25) is 14.5 Å². The molecule has 3 rings (SSSR count). The van der Waals surface area contributed by atoms with Crippen molar-refractivity contribution in [1.82, 2.24) is 14.8 Å². The number of carbonyl (C=O) groups excluding carboxylic acids is 1. The van der Waals surface area contributed by atoms with Crippen LogP contribution in [0.15, 0.2) is 30.7 Å². The van der Waals surface area contributed by atoms with E-state index in [0.717, 1.165) is 11.8 Å². The quantitative estimate of drug-likeness (QED) is 0.791. The van der Waals surface area contributed by atoms with Crippen LogP contribution in [-0.4, -0.2) is 41.0 Å². The van der Waals surface area contributed by atoms with Crippen molar-refractivity contribution in [1.29, 1.82) is 0 Å². The van der Waals surface area contributed by atoms with Crippen LogP contribution in [0.5, 0.6) is 0 Å². The molecule has 0 amide bonds. The van der Waals surface area contributed by atoms with Crippen LogP contribution in [0.2, 0.25) is 0 Å². The molecular weight excluding hydrogens is 278 g/mol. The Morgan fingerprint density at radius 1 is 1.40 bits per heavy atom. The van der Waals surface area contributed by atoms with Crippen LogP contribution in [0.1, 0.15) is 22.8 Å². The van der Waals surface area contributed by atoms with Gasteiger partial charge in [-0.1, -0.05) is 0 Å². The molecule has 6 nitrogen and oxygen atoms in total. The average Bonchev–Trinajstić information content (AvgIpc) is 3.02. The summed E-state index contributed by atoms with van der Waals surface area (Å²) >= 11 is 0.